The van der Waals surface area contributed by atoms with Crippen LogP contribution in [-0.2, 0) is 0 Å². The Kier molecular flexibility index (Phi) is 6.64. The average Bonchev–Trinajstić information content (AvgIpc) is 2.55. The number of likely N-dealkylation sites (N-methyl/N-ethyl adjacent to an activating group) is 1. The molecule has 1 aromatic rings. The number of benzene rings is 1. The number of carbonyl (C=O) groups is 1. The number of carbonyl (C=O) groups excluding carboxylic acids is 1. The molecule has 6 heteroatoms. The van der Waals surface area contributed by atoms with Crippen molar-refractivity contribution in [1.29, 1.82) is 0 Å². The number of urea groups is 1. The van der Waals surface area contributed by atoms with Gasteiger partial charge in [-0.15, -0.1) is 0 Å². The van der Waals surface area contributed by atoms with Gasteiger partial charge < -0.3 is 20.6 Å². The topological polar surface area (TPSA) is 67.8 Å². The Labute approximate surface area is 132 Å². The summed E-state index contributed by atoms with van der Waals surface area (Å²) in [5.41, 5.74) is 1.10. The predicted octanol–water partition coefficient (Wildman–Crippen LogP) is 0.267. The maximum Gasteiger partial charge on any atom is 0.315 e. The molecule has 0 saturated carbocycles. The van der Waals surface area contributed by atoms with Crippen LogP contribution in [-0.4, -0.2) is 73.9 Å². The van der Waals surface area contributed by atoms with Crippen LogP contribution in [0.25, 0.3) is 0 Å². The van der Waals surface area contributed by atoms with Crippen LogP contribution >= 0.6 is 0 Å². The van der Waals surface area contributed by atoms with E-state index in [1.807, 2.05) is 30.3 Å². The van der Waals surface area contributed by atoms with Crippen LogP contribution in [0.1, 0.15) is 11.6 Å². The lowest BCUT2D eigenvalue weighted by Crippen LogP contribution is -2.49. The molecule has 0 radical (unpaired) electrons. The minimum absolute atomic E-state index is 0.0525. The lowest BCUT2D eigenvalue weighted by molar-refractivity contribution is 0.142. The van der Waals surface area contributed by atoms with Gasteiger partial charge in [0.05, 0.1) is 12.6 Å². The van der Waals surface area contributed by atoms with Crippen LogP contribution < -0.4 is 10.6 Å². The van der Waals surface area contributed by atoms with E-state index in [0.29, 0.717) is 0 Å². The first-order valence-electron chi connectivity index (χ1n) is 7.80. The molecule has 1 aromatic carbocycles. The molecule has 122 valence electrons. The standard InChI is InChI=1S/C16H26N4O2/c1-19-8-10-20(11-9-19)13-15(14-5-3-2-4-6-14)18-16(22)17-7-12-21/h2-6,15,21H,7-13H2,1H3,(H2,17,18,22). The molecule has 0 aromatic heterocycles. The van der Waals surface area contributed by atoms with Gasteiger partial charge in [-0.25, -0.2) is 4.79 Å². The van der Waals surface area contributed by atoms with E-state index in [4.69, 9.17) is 5.11 Å². The highest BCUT2D eigenvalue weighted by molar-refractivity contribution is 5.74. The minimum Gasteiger partial charge on any atom is -0.395 e. The largest absolute Gasteiger partial charge is 0.395 e. The average molecular weight is 306 g/mol. The molecule has 1 saturated heterocycles. The van der Waals surface area contributed by atoms with E-state index in [1.165, 1.54) is 0 Å². The summed E-state index contributed by atoms with van der Waals surface area (Å²) in [7, 11) is 2.13. The summed E-state index contributed by atoms with van der Waals surface area (Å²) < 4.78 is 0. The zero-order valence-corrected chi connectivity index (χ0v) is 13.2. The van der Waals surface area contributed by atoms with Crippen molar-refractivity contribution in [2.45, 2.75) is 6.04 Å². The number of nitrogens with one attached hydrogen (secondary N) is 2. The van der Waals surface area contributed by atoms with Crippen molar-refractivity contribution in [3.8, 4) is 0 Å². The smallest absolute Gasteiger partial charge is 0.315 e. The Hall–Kier alpha value is -1.63. The Bertz CT molecular complexity index is 447. The van der Waals surface area contributed by atoms with Crippen molar-refractivity contribution in [3.05, 3.63) is 35.9 Å². The number of aliphatic hydroxyl groups excluding tert-OH is 1. The molecule has 2 amide bonds. The molecule has 1 fully saturated rings. The molecule has 1 unspecified atom stereocenters. The van der Waals surface area contributed by atoms with E-state index in [0.717, 1.165) is 38.3 Å². The SMILES string of the molecule is CN1CCN(CC(NC(=O)NCCO)c2ccccc2)CC1. The fourth-order valence-electron chi connectivity index (χ4n) is 2.59. The molecule has 6 nitrogen and oxygen atoms in total. The van der Waals surface area contributed by atoms with Crippen LogP contribution in [0.4, 0.5) is 4.79 Å². The molecule has 1 heterocycles. The normalized spacial score (nSPS) is 17.9. The van der Waals surface area contributed by atoms with Crippen LogP contribution in [0.2, 0.25) is 0 Å². The molecule has 0 bridgehead atoms. The molecule has 3 N–H and O–H groups in total. The maximum absolute atomic E-state index is 11.9. The number of aliphatic hydroxyl groups is 1. The summed E-state index contributed by atoms with van der Waals surface area (Å²) in [6.45, 7) is 5.14. The first kappa shape index (κ1) is 16.7. The maximum atomic E-state index is 11.9. The number of piperazine rings is 1. The zero-order valence-electron chi connectivity index (χ0n) is 13.2. The quantitative estimate of drug-likeness (QED) is 0.705. The van der Waals surface area contributed by atoms with Gasteiger partial charge in [0.25, 0.3) is 0 Å². The number of amides is 2. The van der Waals surface area contributed by atoms with Gasteiger partial charge in [-0.05, 0) is 12.6 Å². The summed E-state index contributed by atoms with van der Waals surface area (Å²) in [5.74, 6) is 0. The van der Waals surface area contributed by atoms with E-state index in [2.05, 4.69) is 27.5 Å². The summed E-state index contributed by atoms with van der Waals surface area (Å²) in [5, 5.41) is 14.5. The van der Waals surface area contributed by atoms with Gasteiger partial charge in [0.15, 0.2) is 0 Å². The lowest BCUT2D eigenvalue weighted by Gasteiger charge is -2.35. The number of nitrogens with zero attached hydrogens (tertiary/aromatic N) is 2. The Morgan fingerprint density at radius 2 is 1.91 bits per heavy atom. The zero-order chi connectivity index (χ0) is 15.8. The van der Waals surface area contributed by atoms with Gasteiger partial charge >= 0.3 is 6.03 Å². The van der Waals surface area contributed by atoms with Crippen LogP contribution in [0.15, 0.2) is 30.3 Å². The minimum atomic E-state index is -0.239. The van der Waals surface area contributed by atoms with Gasteiger partial charge in [0.1, 0.15) is 0 Å². The lowest BCUT2D eigenvalue weighted by atomic mass is 10.1. The Balaban J connectivity index is 1.97. The second kappa shape index (κ2) is 8.73. The molecule has 1 aliphatic heterocycles. The van der Waals surface area contributed by atoms with E-state index < -0.39 is 0 Å². The van der Waals surface area contributed by atoms with Crippen LogP contribution in [0, 0.1) is 0 Å². The third-order valence-corrected chi connectivity index (χ3v) is 3.94. The molecule has 0 spiro atoms. The highest BCUT2D eigenvalue weighted by atomic mass is 16.3. The summed E-state index contributed by atoms with van der Waals surface area (Å²) >= 11 is 0. The van der Waals surface area contributed by atoms with Gasteiger partial charge in [0.2, 0.25) is 0 Å². The number of hydrogen-bond acceptors (Lipinski definition) is 4. The van der Waals surface area contributed by atoms with Crippen molar-refractivity contribution < 1.29 is 9.90 Å². The monoisotopic (exact) mass is 306 g/mol. The Morgan fingerprint density at radius 3 is 2.55 bits per heavy atom. The van der Waals surface area contributed by atoms with Gasteiger partial charge in [-0.2, -0.15) is 0 Å². The van der Waals surface area contributed by atoms with E-state index >= 15 is 0 Å². The molecule has 1 atom stereocenters. The van der Waals surface area contributed by atoms with Crippen molar-refractivity contribution in [2.75, 3.05) is 52.9 Å². The number of hydrogen-bond donors (Lipinski definition) is 3. The van der Waals surface area contributed by atoms with E-state index in [9.17, 15) is 4.79 Å². The number of rotatable bonds is 6. The third-order valence-electron chi connectivity index (χ3n) is 3.94. The van der Waals surface area contributed by atoms with E-state index in [1.54, 1.807) is 0 Å². The molecular formula is C16H26N4O2. The van der Waals surface area contributed by atoms with Crippen molar-refractivity contribution in [3.63, 3.8) is 0 Å². The molecular weight excluding hydrogens is 280 g/mol. The highest BCUT2D eigenvalue weighted by Gasteiger charge is 2.20. The molecule has 0 aliphatic carbocycles. The first-order chi connectivity index (χ1) is 10.7. The third kappa shape index (κ3) is 5.29. The predicted molar refractivity (Wildman–Crippen MR) is 86.7 cm³/mol. The van der Waals surface area contributed by atoms with Crippen molar-refractivity contribution >= 4 is 6.03 Å². The van der Waals surface area contributed by atoms with Crippen LogP contribution in [0.3, 0.4) is 0 Å². The highest BCUT2D eigenvalue weighted by Crippen LogP contribution is 2.15. The molecule has 1 aliphatic rings. The van der Waals surface area contributed by atoms with E-state index in [-0.39, 0.29) is 25.2 Å². The second-order valence-electron chi connectivity index (χ2n) is 5.69. The van der Waals surface area contributed by atoms with Crippen LogP contribution in [0.5, 0.6) is 0 Å². The first-order valence-corrected chi connectivity index (χ1v) is 7.80. The summed E-state index contributed by atoms with van der Waals surface area (Å²) in [6.07, 6.45) is 0. The molecule has 22 heavy (non-hydrogen) atoms. The second-order valence-corrected chi connectivity index (χ2v) is 5.69. The fourth-order valence-corrected chi connectivity index (χ4v) is 2.59. The summed E-state index contributed by atoms with van der Waals surface area (Å²) in [6, 6.07) is 9.72. The van der Waals surface area contributed by atoms with Crippen molar-refractivity contribution in [2.24, 2.45) is 0 Å². The van der Waals surface area contributed by atoms with Crippen molar-refractivity contribution in [1.82, 2.24) is 20.4 Å². The summed E-state index contributed by atoms with van der Waals surface area (Å²) in [4.78, 5) is 16.6. The Morgan fingerprint density at radius 1 is 1.23 bits per heavy atom. The van der Waals surface area contributed by atoms with Gasteiger partial charge in [0, 0.05) is 39.3 Å². The van der Waals surface area contributed by atoms with Gasteiger partial charge in [-0.3, -0.25) is 4.90 Å². The molecule has 2 rings (SSSR count). The fraction of sp³-hybridized carbons (Fsp3) is 0.562. The van der Waals surface area contributed by atoms with Gasteiger partial charge in [-0.1, -0.05) is 30.3 Å².